The summed E-state index contributed by atoms with van der Waals surface area (Å²) in [4.78, 5) is 0. The maximum absolute atomic E-state index is 13.3. The van der Waals surface area contributed by atoms with Crippen LogP contribution in [-0.4, -0.2) is 4.57 Å². The second-order valence-electron chi connectivity index (χ2n) is 4.38. The van der Waals surface area contributed by atoms with E-state index >= 15 is 0 Å². The number of fused-ring (bicyclic) bond motifs is 1. The minimum atomic E-state index is -0.246. The summed E-state index contributed by atoms with van der Waals surface area (Å²) in [5.41, 5.74) is 1.76. The highest BCUT2D eigenvalue weighted by atomic mass is 35.5. The zero-order valence-corrected chi connectivity index (χ0v) is 11.4. The van der Waals surface area contributed by atoms with Crippen molar-refractivity contribution in [1.29, 1.82) is 0 Å². The molecule has 3 rings (SSSR count). The summed E-state index contributed by atoms with van der Waals surface area (Å²) < 4.78 is 15.3. The van der Waals surface area contributed by atoms with Gasteiger partial charge in [0.2, 0.25) is 0 Å². The van der Waals surface area contributed by atoms with E-state index in [0.717, 1.165) is 16.5 Å². The SMILES string of the molecule is Fc1ccc2ccn(Cc3cc(Cl)ccc3Cl)c2c1. The zero-order chi connectivity index (χ0) is 13.4. The molecule has 0 fully saturated rings. The second kappa shape index (κ2) is 4.87. The summed E-state index contributed by atoms with van der Waals surface area (Å²) >= 11 is 12.1. The lowest BCUT2D eigenvalue weighted by Gasteiger charge is -2.08. The fraction of sp³-hybridized carbons (Fsp3) is 0.0667. The van der Waals surface area contributed by atoms with Crippen LogP contribution in [0.2, 0.25) is 10.0 Å². The standard InChI is InChI=1S/C15H10Cl2FN/c16-12-2-4-14(17)11(7-12)9-19-6-5-10-1-3-13(18)8-15(10)19/h1-8H,9H2. The topological polar surface area (TPSA) is 4.93 Å². The van der Waals surface area contributed by atoms with Gasteiger partial charge < -0.3 is 4.57 Å². The first-order valence-electron chi connectivity index (χ1n) is 5.82. The minimum Gasteiger partial charge on any atom is -0.343 e. The highest BCUT2D eigenvalue weighted by Crippen LogP contribution is 2.24. The Morgan fingerprint density at radius 2 is 1.84 bits per heavy atom. The summed E-state index contributed by atoms with van der Waals surface area (Å²) in [5, 5.41) is 2.30. The Morgan fingerprint density at radius 1 is 1.00 bits per heavy atom. The van der Waals surface area contributed by atoms with Gasteiger partial charge in [-0.3, -0.25) is 0 Å². The van der Waals surface area contributed by atoms with Crippen LogP contribution < -0.4 is 0 Å². The summed E-state index contributed by atoms with van der Waals surface area (Å²) in [6, 6.07) is 12.0. The molecule has 4 heteroatoms. The Balaban J connectivity index is 2.05. The third kappa shape index (κ3) is 2.46. The number of hydrogen-bond donors (Lipinski definition) is 0. The van der Waals surface area contributed by atoms with Crippen molar-refractivity contribution in [2.75, 3.05) is 0 Å². The Morgan fingerprint density at radius 3 is 2.68 bits per heavy atom. The fourth-order valence-corrected chi connectivity index (χ4v) is 2.51. The van der Waals surface area contributed by atoms with E-state index in [2.05, 4.69) is 0 Å². The van der Waals surface area contributed by atoms with Crippen molar-refractivity contribution in [2.45, 2.75) is 6.54 Å². The Kier molecular flexibility index (Phi) is 3.21. The van der Waals surface area contributed by atoms with E-state index in [4.69, 9.17) is 23.2 Å². The van der Waals surface area contributed by atoms with Crippen molar-refractivity contribution in [3.05, 3.63) is 70.1 Å². The molecule has 2 aromatic carbocycles. The van der Waals surface area contributed by atoms with Crippen LogP contribution in [0.15, 0.2) is 48.7 Å². The van der Waals surface area contributed by atoms with E-state index in [1.165, 1.54) is 12.1 Å². The van der Waals surface area contributed by atoms with Gasteiger partial charge in [0.05, 0.1) is 5.52 Å². The van der Waals surface area contributed by atoms with Crippen LogP contribution in [0.25, 0.3) is 10.9 Å². The van der Waals surface area contributed by atoms with Gasteiger partial charge in [-0.15, -0.1) is 0 Å². The molecule has 1 heterocycles. The highest BCUT2D eigenvalue weighted by molar-refractivity contribution is 6.33. The third-order valence-corrected chi connectivity index (χ3v) is 3.69. The van der Waals surface area contributed by atoms with Crippen molar-refractivity contribution >= 4 is 34.1 Å². The first kappa shape index (κ1) is 12.5. The largest absolute Gasteiger partial charge is 0.343 e. The average molecular weight is 294 g/mol. The first-order valence-corrected chi connectivity index (χ1v) is 6.57. The average Bonchev–Trinajstić information content (AvgIpc) is 2.77. The van der Waals surface area contributed by atoms with Crippen molar-refractivity contribution in [2.24, 2.45) is 0 Å². The van der Waals surface area contributed by atoms with Gasteiger partial charge in [-0.2, -0.15) is 0 Å². The lowest BCUT2D eigenvalue weighted by atomic mass is 10.2. The molecule has 19 heavy (non-hydrogen) atoms. The highest BCUT2D eigenvalue weighted by Gasteiger charge is 2.06. The van der Waals surface area contributed by atoms with Crippen molar-refractivity contribution in [1.82, 2.24) is 4.57 Å². The van der Waals surface area contributed by atoms with Gasteiger partial charge in [0, 0.05) is 22.8 Å². The zero-order valence-electron chi connectivity index (χ0n) is 9.91. The quantitative estimate of drug-likeness (QED) is 0.617. The summed E-state index contributed by atoms with van der Waals surface area (Å²) in [6.45, 7) is 0.562. The van der Waals surface area contributed by atoms with Gasteiger partial charge in [-0.1, -0.05) is 23.2 Å². The number of aromatic nitrogens is 1. The number of benzene rings is 2. The predicted octanol–water partition coefficient (Wildman–Crippen LogP) is 5.14. The molecule has 0 aliphatic heterocycles. The van der Waals surface area contributed by atoms with Crippen LogP contribution in [0.1, 0.15) is 5.56 Å². The van der Waals surface area contributed by atoms with Gasteiger partial charge in [-0.25, -0.2) is 4.39 Å². The Labute approximate surface area is 120 Å². The molecular formula is C15H10Cl2FN. The van der Waals surface area contributed by atoms with Crippen molar-refractivity contribution in [3.8, 4) is 0 Å². The Hall–Kier alpha value is -1.51. The predicted molar refractivity (Wildman–Crippen MR) is 77.5 cm³/mol. The van der Waals surface area contributed by atoms with E-state index in [9.17, 15) is 4.39 Å². The molecule has 0 N–H and O–H groups in total. The van der Waals surface area contributed by atoms with Crippen LogP contribution in [-0.2, 0) is 6.54 Å². The monoisotopic (exact) mass is 293 g/mol. The maximum Gasteiger partial charge on any atom is 0.125 e. The maximum atomic E-state index is 13.3. The van der Waals surface area contributed by atoms with E-state index in [1.807, 2.05) is 22.9 Å². The molecule has 0 unspecified atom stereocenters. The summed E-state index contributed by atoms with van der Waals surface area (Å²) in [7, 11) is 0. The molecule has 3 aromatic rings. The second-order valence-corrected chi connectivity index (χ2v) is 5.23. The molecule has 1 aromatic heterocycles. The van der Waals surface area contributed by atoms with E-state index in [-0.39, 0.29) is 5.82 Å². The van der Waals surface area contributed by atoms with Crippen LogP contribution in [0.3, 0.4) is 0 Å². The fourth-order valence-electron chi connectivity index (χ4n) is 2.14. The van der Waals surface area contributed by atoms with Crippen LogP contribution in [0, 0.1) is 5.82 Å². The van der Waals surface area contributed by atoms with Gasteiger partial charge in [0.1, 0.15) is 5.82 Å². The molecule has 0 amide bonds. The van der Waals surface area contributed by atoms with Crippen molar-refractivity contribution < 1.29 is 4.39 Å². The molecular weight excluding hydrogens is 284 g/mol. The number of nitrogens with zero attached hydrogens (tertiary/aromatic N) is 1. The van der Waals surface area contributed by atoms with Crippen LogP contribution in [0.4, 0.5) is 4.39 Å². The van der Waals surface area contributed by atoms with E-state index in [1.54, 1.807) is 18.2 Å². The minimum absolute atomic E-state index is 0.246. The summed E-state index contributed by atoms with van der Waals surface area (Å²) in [5.74, 6) is -0.246. The molecule has 0 radical (unpaired) electrons. The third-order valence-electron chi connectivity index (χ3n) is 3.08. The lowest BCUT2D eigenvalue weighted by Crippen LogP contribution is -1.98. The Bertz CT molecular complexity index is 749. The molecule has 0 atom stereocenters. The number of halogens is 3. The molecule has 0 bridgehead atoms. The first-order chi connectivity index (χ1) is 9.13. The molecule has 0 aliphatic carbocycles. The summed E-state index contributed by atoms with van der Waals surface area (Å²) in [6.07, 6.45) is 1.92. The molecule has 0 saturated heterocycles. The van der Waals surface area contributed by atoms with Crippen LogP contribution in [0.5, 0.6) is 0 Å². The van der Waals surface area contributed by atoms with Gasteiger partial charge >= 0.3 is 0 Å². The van der Waals surface area contributed by atoms with Gasteiger partial charge in [0.15, 0.2) is 0 Å². The van der Waals surface area contributed by atoms with E-state index < -0.39 is 0 Å². The molecule has 0 saturated carbocycles. The van der Waals surface area contributed by atoms with Gasteiger partial charge in [0.25, 0.3) is 0 Å². The normalized spacial score (nSPS) is 11.1. The number of hydrogen-bond acceptors (Lipinski definition) is 0. The van der Waals surface area contributed by atoms with Crippen LogP contribution >= 0.6 is 23.2 Å². The smallest absolute Gasteiger partial charge is 0.125 e. The lowest BCUT2D eigenvalue weighted by molar-refractivity contribution is 0.628. The number of rotatable bonds is 2. The van der Waals surface area contributed by atoms with Crippen molar-refractivity contribution in [3.63, 3.8) is 0 Å². The molecule has 0 spiro atoms. The molecule has 1 nitrogen and oxygen atoms in total. The van der Waals surface area contributed by atoms with Gasteiger partial charge in [-0.05, 0) is 53.4 Å². The van der Waals surface area contributed by atoms with E-state index in [0.29, 0.717) is 16.6 Å². The molecule has 0 aliphatic rings. The molecule has 96 valence electrons.